The molecule has 0 amide bonds. The van der Waals surface area contributed by atoms with E-state index in [2.05, 4.69) is 4.98 Å². The predicted molar refractivity (Wildman–Crippen MR) is 61.4 cm³/mol. The van der Waals surface area contributed by atoms with Crippen LogP contribution in [0, 0.1) is 0 Å². The summed E-state index contributed by atoms with van der Waals surface area (Å²) >= 11 is 0. The van der Waals surface area contributed by atoms with Crippen molar-refractivity contribution in [2.24, 2.45) is 0 Å². The minimum absolute atomic E-state index is 0.370. The molecule has 1 aromatic carbocycles. The summed E-state index contributed by atoms with van der Waals surface area (Å²) in [6, 6.07) is 6.97. The smallest absolute Gasteiger partial charge is 0.341 e. The van der Waals surface area contributed by atoms with E-state index >= 15 is 0 Å². The Kier molecular flexibility index (Phi) is 3.09. The molecule has 0 atom stereocenters. The maximum atomic E-state index is 10.4. The van der Waals surface area contributed by atoms with Gasteiger partial charge in [-0.15, -0.1) is 0 Å². The fourth-order valence-electron chi connectivity index (χ4n) is 1.49. The summed E-state index contributed by atoms with van der Waals surface area (Å²) in [5.74, 6) is 0.184. The first kappa shape index (κ1) is 11.2. The third-order valence-corrected chi connectivity index (χ3v) is 2.26. The molecule has 0 bridgehead atoms. The second-order valence-electron chi connectivity index (χ2n) is 3.37. The molecule has 0 aliphatic rings. The maximum absolute atomic E-state index is 10.4. The number of aliphatic carboxylic acids is 1. The Morgan fingerprint density at radius 2 is 2.24 bits per heavy atom. The first-order chi connectivity index (χ1) is 8.20. The van der Waals surface area contributed by atoms with Gasteiger partial charge in [0.15, 0.2) is 6.61 Å². The van der Waals surface area contributed by atoms with Gasteiger partial charge in [-0.3, -0.25) is 4.98 Å². The number of aromatic nitrogens is 1. The summed E-state index contributed by atoms with van der Waals surface area (Å²) in [5.41, 5.74) is 0.701. The third-order valence-electron chi connectivity index (χ3n) is 2.26. The van der Waals surface area contributed by atoms with Crippen LogP contribution in [0.15, 0.2) is 30.5 Å². The maximum Gasteiger partial charge on any atom is 0.341 e. The molecule has 5 nitrogen and oxygen atoms in total. The van der Waals surface area contributed by atoms with Crippen molar-refractivity contribution < 1.29 is 19.4 Å². The van der Waals surface area contributed by atoms with E-state index in [0.29, 0.717) is 17.0 Å². The lowest BCUT2D eigenvalue weighted by Crippen LogP contribution is -2.09. The van der Waals surface area contributed by atoms with Gasteiger partial charge in [0.2, 0.25) is 0 Å². The number of carbonyl (C=O) groups is 1. The number of hydrogen-bond acceptors (Lipinski definition) is 4. The van der Waals surface area contributed by atoms with E-state index in [0.717, 1.165) is 5.39 Å². The SMILES string of the molecule is COc1ccc2c(OCC(=O)O)ccnc2c1. The molecule has 0 radical (unpaired) electrons. The van der Waals surface area contributed by atoms with Crippen LogP contribution in [0.4, 0.5) is 0 Å². The van der Waals surface area contributed by atoms with Crippen LogP contribution >= 0.6 is 0 Å². The van der Waals surface area contributed by atoms with Crippen LogP contribution in [0.3, 0.4) is 0 Å². The van der Waals surface area contributed by atoms with Gasteiger partial charge >= 0.3 is 5.97 Å². The van der Waals surface area contributed by atoms with Crippen LogP contribution in [0.2, 0.25) is 0 Å². The van der Waals surface area contributed by atoms with Crippen LogP contribution in [0.5, 0.6) is 11.5 Å². The monoisotopic (exact) mass is 233 g/mol. The molecule has 0 spiro atoms. The lowest BCUT2D eigenvalue weighted by atomic mass is 10.2. The van der Waals surface area contributed by atoms with Crippen LogP contribution in [0.1, 0.15) is 0 Å². The van der Waals surface area contributed by atoms with Gasteiger partial charge in [0.05, 0.1) is 12.6 Å². The number of fused-ring (bicyclic) bond motifs is 1. The highest BCUT2D eigenvalue weighted by molar-refractivity contribution is 5.86. The molecule has 0 aliphatic heterocycles. The fourth-order valence-corrected chi connectivity index (χ4v) is 1.49. The molecule has 0 fully saturated rings. The number of hydrogen-bond donors (Lipinski definition) is 1. The quantitative estimate of drug-likeness (QED) is 0.870. The summed E-state index contributed by atoms with van der Waals surface area (Å²) in [6.45, 7) is -0.370. The van der Waals surface area contributed by atoms with Gasteiger partial charge in [-0.05, 0) is 18.2 Å². The highest BCUT2D eigenvalue weighted by Crippen LogP contribution is 2.26. The zero-order chi connectivity index (χ0) is 12.3. The Morgan fingerprint density at radius 3 is 2.94 bits per heavy atom. The summed E-state index contributed by atoms with van der Waals surface area (Å²) in [7, 11) is 1.58. The Hall–Kier alpha value is -2.30. The fraction of sp³-hybridized carbons (Fsp3) is 0.167. The van der Waals surface area contributed by atoms with Crippen molar-refractivity contribution >= 4 is 16.9 Å². The average molecular weight is 233 g/mol. The van der Waals surface area contributed by atoms with Crippen LogP contribution in [-0.4, -0.2) is 29.8 Å². The Labute approximate surface area is 97.6 Å². The normalized spacial score (nSPS) is 10.2. The molecule has 17 heavy (non-hydrogen) atoms. The van der Waals surface area contributed by atoms with Crippen molar-refractivity contribution in [1.29, 1.82) is 0 Å². The van der Waals surface area contributed by atoms with Crippen molar-refractivity contribution in [1.82, 2.24) is 4.98 Å². The number of ether oxygens (including phenoxy) is 2. The molecule has 0 saturated heterocycles. The number of nitrogens with zero attached hydrogens (tertiary/aromatic N) is 1. The highest BCUT2D eigenvalue weighted by atomic mass is 16.5. The lowest BCUT2D eigenvalue weighted by molar-refractivity contribution is -0.139. The first-order valence-electron chi connectivity index (χ1n) is 4.98. The van der Waals surface area contributed by atoms with Crippen molar-refractivity contribution in [3.05, 3.63) is 30.5 Å². The van der Waals surface area contributed by atoms with Gasteiger partial charge in [0.1, 0.15) is 11.5 Å². The molecule has 0 unspecified atom stereocenters. The van der Waals surface area contributed by atoms with Gasteiger partial charge in [0.25, 0.3) is 0 Å². The number of methoxy groups -OCH3 is 1. The second-order valence-corrected chi connectivity index (χ2v) is 3.37. The van der Waals surface area contributed by atoms with Gasteiger partial charge in [-0.1, -0.05) is 0 Å². The third kappa shape index (κ3) is 2.44. The summed E-state index contributed by atoms with van der Waals surface area (Å²) in [4.78, 5) is 14.6. The molecule has 0 aliphatic carbocycles. The lowest BCUT2D eigenvalue weighted by Gasteiger charge is -2.07. The molecule has 5 heteroatoms. The van der Waals surface area contributed by atoms with E-state index < -0.39 is 5.97 Å². The van der Waals surface area contributed by atoms with Crippen molar-refractivity contribution in [3.63, 3.8) is 0 Å². The standard InChI is InChI=1S/C12H11NO4/c1-16-8-2-3-9-10(6-8)13-5-4-11(9)17-7-12(14)15/h2-6H,7H2,1H3,(H,14,15). The van der Waals surface area contributed by atoms with Gasteiger partial charge < -0.3 is 14.6 Å². The molecular formula is C12H11NO4. The average Bonchev–Trinajstić information content (AvgIpc) is 2.35. The molecular weight excluding hydrogens is 222 g/mol. The van der Waals surface area contributed by atoms with E-state index in [1.54, 1.807) is 37.6 Å². The minimum atomic E-state index is -1.01. The topological polar surface area (TPSA) is 68.7 Å². The molecule has 1 heterocycles. The molecule has 2 aromatic rings. The number of pyridine rings is 1. The van der Waals surface area contributed by atoms with E-state index in [4.69, 9.17) is 14.6 Å². The Morgan fingerprint density at radius 1 is 1.41 bits per heavy atom. The zero-order valence-corrected chi connectivity index (χ0v) is 9.21. The number of carboxylic acid groups (broad SMARTS) is 1. The summed E-state index contributed by atoms with van der Waals surface area (Å²) < 4.78 is 10.3. The van der Waals surface area contributed by atoms with Crippen LogP contribution in [-0.2, 0) is 4.79 Å². The van der Waals surface area contributed by atoms with E-state index in [9.17, 15) is 4.79 Å². The number of benzene rings is 1. The van der Waals surface area contributed by atoms with Crippen LogP contribution < -0.4 is 9.47 Å². The van der Waals surface area contributed by atoms with Crippen molar-refractivity contribution in [2.45, 2.75) is 0 Å². The highest BCUT2D eigenvalue weighted by Gasteiger charge is 2.06. The molecule has 1 aromatic heterocycles. The van der Waals surface area contributed by atoms with E-state index in [1.165, 1.54) is 0 Å². The molecule has 2 rings (SSSR count). The molecule has 1 N–H and O–H groups in total. The van der Waals surface area contributed by atoms with Crippen molar-refractivity contribution in [2.75, 3.05) is 13.7 Å². The zero-order valence-electron chi connectivity index (χ0n) is 9.21. The first-order valence-corrected chi connectivity index (χ1v) is 4.98. The number of carboxylic acids is 1. The van der Waals surface area contributed by atoms with E-state index in [1.807, 2.05) is 0 Å². The molecule has 0 saturated carbocycles. The van der Waals surface area contributed by atoms with Crippen molar-refractivity contribution in [3.8, 4) is 11.5 Å². The molecule has 88 valence electrons. The van der Waals surface area contributed by atoms with E-state index in [-0.39, 0.29) is 6.61 Å². The summed E-state index contributed by atoms with van der Waals surface area (Å²) in [6.07, 6.45) is 1.57. The Balaban J connectivity index is 2.39. The van der Waals surface area contributed by atoms with Crippen LogP contribution in [0.25, 0.3) is 10.9 Å². The van der Waals surface area contributed by atoms with Gasteiger partial charge in [0, 0.05) is 17.6 Å². The van der Waals surface area contributed by atoms with Gasteiger partial charge in [-0.25, -0.2) is 4.79 Å². The second kappa shape index (κ2) is 4.69. The number of rotatable bonds is 4. The van der Waals surface area contributed by atoms with Gasteiger partial charge in [-0.2, -0.15) is 0 Å². The largest absolute Gasteiger partial charge is 0.497 e. The predicted octanol–water partition coefficient (Wildman–Crippen LogP) is 1.71. The summed E-state index contributed by atoms with van der Waals surface area (Å²) in [5, 5.41) is 9.33. The Bertz CT molecular complexity index is 553. The minimum Gasteiger partial charge on any atom is -0.497 e.